The summed E-state index contributed by atoms with van der Waals surface area (Å²) in [4.78, 5) is 42.6. The molecular formula is C12H17N5O4. The molecule has 0 aromatic carbocycles. The zero-order valence-corrected chi connectivity index (χ0v) is 11.3. The third-order valence-electron chi connectivity index (χ3n) is 3.31. The van der Waals surface area contributed by atoms with Gasteiger partial charge in [0.15, 0.2) is 0 Å². The maximum atomic E-state index is 11.9. The fourth-order valence-electron chi connectivity index (χ4n) is 2.23. The Bertz CT molecular complexity index is 530. The van der Waals surface area contributed by atoms with Crippen LogP contribution in [-0.2, 0) is 20.7 Å². The monoisotopic (exact) mass is 295 g/mol. The number of hydrogen-bond acceptors (Lipinski definition) is 6. The second-order valence-corrected chi connectivity index (χ2v) is 4.82. The normalized spacial score (nSPS) is 19.3. The molecule has 114 valence electrons. The van der Waals surface area contributed by atoms with Gasteiger partial charge in [-0.15, -0.1) is 0 Å². The van der Waals surface area contributed by atoms with Gasteiger partial charge in [0.25, 0.3) is 0 Å². The molecule has 0 unspecified atom stereocenters. The van der Waals surface area contributed by atoms with Crippen molar-refractivity contribution < 1.29 is 19.1 Å². The molecule has 1 saturated heterocycles. The number of likely N-dealkylation sites (tertiary alicyclic amines) is 1. The van der Waals surface area contributed by atoms with Crippen LogP contribution in [0.15, 0.2) is 12.5 Å². The number of carbonyl (C=O) groups excluding carboxylic acids is 3. The summed E-state index contributed by atoms with van der Waals surface area (Å²) < 4.78 is 4.74. The van der Waals surface area contributed by atoms with E-state index in [0.717, 1.165) is 0 Å². The van der Waals surface area contributed by atoms with Gasteiger partial charge in [-0.2, -0.15) is 0 Å². The van der Waals surface area contributed by atoms with Crippen molar-refractivity contribution in [3.8, 4) is 0 Å². The van der Waals surface area contributed by atoms with Crippen LogP contribution in [0.5, 0.6) is 0 Å². The van der Waals surface area contributed by atoms with Crippen LogP contribution in [0.1, 0.15) is 18.5 Å². The molecule has 2 heterocycles. The van der Waals surface area contributed by atoms with Crippen LogP contribution in [0.4, 0.5) is 4.79 Å². The van der Waals surface area contributed by atoms with Gasteiger partial charge in [0.05, 0.1) is 6.33 Å². The molecule has 1 aromatic heterocycles. The Morgan fingerprint density at radius 1 is 1.52 bits per heavy atom. The van der Waals surface area contributed by atoms with Crippen LogP contribution in [0, 0.1) is 0 Å². The van der Waals surface area contributed by atoms with Crippen LogP contribution >= 0.6 is 0 Å². The number of aromatic nitrogens is 2. The quantitative estimate of drug-likeness (QED) is 0.474. The van der Waals surface area contributed by atoms with E-state index in [1.165, 1.54) is 17.4 Å². The van der Waals surface area contributed by atoms with Gasteiger partial charge >= 0.3 is 18.0 Å². The lowest BCUT2D eigenvalue weighted by Gasteiger charge is -2.20. The molecule has 0 radical (unpaired) electrons. The molecule has 0 saturated carbocycles. The second-order valence-electron chi connectivity index (χ2n) is 4.82. The predicted molar refractivity (Wildman–Crippen MR) is 70.7 cm³/mol. The molecule has 9 nitrogen and oxygen atoms in total. The van der Waals surface area contributed by atoms with Crippen molar-refractivity contribution in [3.63, 3.8) is 0 Å². The number of carbonyl (C=O) groups is 3. The Hall–Kier alpha value is -2.42. The number of nitrogens with zero attached hydrogens (tertiary/aromatic N) is 2. The highest BCUT2D eigenvalue weighted by Gasteiger charge is 2.36. The number of nitrogens with two attached hydrogens (primary N) is 2. The SMILES string of the molecule is NC(=O)N1CCC[C@H]1C(=O)OC(=O)[C@@H](N)Cc1cnc[nH]1. The lowest BCUT2D eigenvalue weighted by atomic mass is 10.2. The first-order valence-corrected chi connectivity index (χ1v) is 6.53. The average Bonchev–Trinajstić information content (AvgIpc) is 3.08. The number of esters is 2. The average molecular weight is 295 g/mol. The van der Waals surface area contributed by atoms with Gasteiger partial charge in [0, 0.05) is 24.9 Å². The van der Waals surface area contributed by atoms with Crippen LogP contribution < -0.4 is 11.5 Å². The number of ether oxygens (including phenoxy) is 1. The number of H-pyrrole nitrogens is 1. The number of nitrogens with one attached hydrogen (secondary N) is 1. The van der Waals surface area contributed by atoms with Gasteiger partial charge in [-0.1, -0.05) is 0 Å². The van der Waals surface area contributed by atoms with Gasteiger partial charge in [-0.05, 0) is 12.8 Å². The fourth-order valence-corrected chi connectivity index (χ4v) is 2.23. The van der Waals surface area contributed by atoms with Crippen LogP contribution in [0.25, 0.3) is 0 Å². The highest BCUT2D eigenvalue weighted by Crippen LogP contribution is 2.18. The molecular weight excluding hydrogens is 278 g/mol. The van der Waals surface area contributed by atoms with Gasteiger partial charge in [0.2, 0.25) is 0 Å². The molecule has 1 aliphatic rings. The van der Waals surface area contributed by atoms with E-state index in [1.807, 2.05) is 0 Å². The van der Waals surface area contributed by atoms with Gasteiger partial charge in [-0.3, -0.25) is 0 Å². The van der Waals surface area contributed by atoms with E-state index in [9.17, 15) is 14.4 Å². The maximum absolute atomic E-state index is 11.9. The van der Waals surface area contributed by atoms with Crippen LogP contribution in [-0.4, -0.2) is 51.5 Å². The number of primary amides is 1. The van der Waals surface area contributed by atoms with E-state index in [-0.39, 0.29) is 6.42 Å². The van der Waals surface area contributed by atoms with Crippen LogP contribution in [0.2, 0.25) is 0 Å². The Balaban J connectivity index is 1.89. The van der Waals surface area contributed by atoms with E-state index >= 15 is 0 Å². The Labute approximate surface area is 120 Å². The number of hydrogen-bond donors (Lipinski definition) is 3. The topological polar surface area (TPSA) is 144 Å². The standard InChI is InChI=1S/C12H17N5O4/c13-8(4-7-5-15-6-16-7)10(18)21-11(19)9-2-1-3-17(9)12(14)20/h5-6,8-9H,1-4,13H2,(H2,14,20)(H,15,16)/t8-,9-/m0/s1. The van der Waals surface area contributed by atoms with Crippen molar-refractivity contribution in [2.45, 2.75) is 31.3 Å². The predicted octanol–water partition coefficient (Wildman–Crippen LogP) is -1.11. The Morgan fingerprint density at radius 2 is 2.29 bits per heavy atom. The molecule has 1 aliphatic heterocycles. The van der Waals surface area contributed by atoms with Crippen molar-refractivity contribution in [3.05, 3.63) is 18.2 Å². The molecule has 9 heteroatoms. The lowest BCUT2D eigenvalue weighted by Crippen LogP contribution is -2.46. The van der Waals surface area contributed by atoms with Gasteiger partial charge in [0.1, 0.15) is 12.1 Å². The summed E-state index contributed by atoms with van der Waals surface area (Å²) in [5.74, 6) is -1.64. The minimum absolute atomic E-state index is 0.177. The molecule has 2 amide bonds. The summed E-state index contributed by atoms with van der Waals surface area (Å²) in [5.41, 5.74) is 11.5. The number of rotatable bonds is 4. The van der Waals surface area contributed by atoms with E-state index in [4.69, 9.17) is 16.2 Å². The molecule has 5 N–H and O–H groups in total. The first-order valence-electron chi connectivity index (χ1n) is 6.53. The minimum Gasteiger partial charge on any atom is -0.390 e. The van der Waals surface area contributed by atoms with E-state index in [0.29, 0.717) is 25.1 Å². The van der Waals surface area contributed by atoms with Crippen molar-refractivity contribution in [2.24, 2.45) is 11.5 Å². The Kier molecular flexibility index (Phi) is 4.53. The number of aromatic amines is 1. The summed E-state index contributed by atoms with van der Waals surface area (Å²) in [6, 6.07) is -2.51. The number of urea groups is 1. The van der Waals surface area contributed by atoms with Crippen molar-refractivity contribution >= 4 is 18.0 Å². The summed E-state index contributed by atoms with van der Waals surface area (Å²) in [6.45, 7) is 0.378. The molecule has 2 atom stereocenters. The van der Waals surface area contributed by atoms with Gasteiger partial charge in [-0.25, -0.2) is 19.4 Å². The molecule has 1 fully saturated rings. The smallest absolute Gasteiger partial charge is 0.336 e. The third-order valence-corrected chi connectivity index (χ3v) is 3.31. The molecule has 0 aliphatic carbocycles. The van der Waals surface area contributed by atoms with Crippen molar-refractivity contribution in [1.29, 1.82) is 0 Å². The molecule has 0 bridgehead atoms. The van der Waals surface area contributed by atoms with E-state index in [1.54, 1.807) is 0 Å². The third kappa shape index (κ3) is 3.57. The highest BCUT2D eigenvalue weighted by atomic mass is 16.6. The zero-order chi connectivity index (χ0) is 15.4. The number of imidazole rings is 1. The summed E-state index contributed by atoms with van der Waals surface area (Å²) in [7, 11) is 0. The first-order chi connectivity index (χ1) is 9.99. The Morgan fingerprint density at radius 3 is 2.90 bits per heavy atom. The lowest BCUT2D eigenvalue weighted by molar-refractivity contribution is -0.163. The zero-order valence-electron chi connectivity index (χ0n) is 11.3. The first kappa shape index (κ1) is 15.0. The highest BCUT2D eigenvalue weighted by molar-refractivity contribution is 5.92. The maximum Gasteiger partial charge on any atom is 0.336 e. The van der Waals surface area contributed by atoms with Crippen LogP contribution in [0.3, 0.4) is 0 Å². The molecule has 1 aromatic rings. The summed E-state index contributed by atoms with van der Waals surface area (Å²) in [5, 5.41) is 0. The van der Waals surface area contributed by atoms with Crippen molar-refractivity contribution in [1.82, 2.24) is 14.9 Å². The molecule has 2 rings (SSSR count). The largest absolute Gasteiger partial charge is 0.390 e. The number of amides is 2. The summed E-state index contributed by atoms with van der Waals surface area (Å²) >= 11 is 0. The second kappa shape index (κ2) is 6.35. The van der Waals surface area contributed by atoms with E-state index in [2.05, 4.69) is 9.97 Å². The van der Waals surface area contributed by atoms with Gasteiger partial charge < -0.3 is 26.1 Å². The molecule has 0 spiro atoms. The summed E-state index contributed by atoms with van der Waals surface area (Å²) in [6.07, 6.45) is 4.22. The minimum atomic E-state index is -0.988. The fraction of sp³-hybridized carbons (Fsp3) is 0.500. The van der Waals surface area contributed by atoms with E-state index < -0.39 is 30.1 Å². The van der Waals surface area contributed by atoms with Crippen molar-refractivity contribution in [2.75, 3.05) is 6.54 Å². The molecule has 21 heavy (non-hydrogen) atoms.